The zero-order chi connectivity index (χ0) is 36.0. The van der Waals surface area contributed by atoms with Gasteiger partial charge in [-0.2, -0.15) is 5.10 Å². The molecule has 1 amide bonds. The predicted molar refractivity (Wildman–Crippen MR) is 205 cm³/mol. The second-order valence-electron chi connectivity index (χ2n) is 12.4. The molecule has 10 nitrogen and oxygen atoms in total. The van der Waals surface area contributed by atoms with E-state index in [-0.39, 0.29) is 5.91 Å². The fourth-order valence-corrected chi connectivity index (χ4v) is 6.72. The lowest BCUT2D eigenvalue weighted by Crippen LogP contribution is -2.17. The maximum absolute atomic E-state index is 13.1. The van der Waals surface area contributed by atoms with E-state index in [4.69, 9.17) is 9.47 Å². The van der Waals surface area contributed by atoms with E-state index < -0.39 is 11.2 Å². The van der Waals surface area contributed by atoms with Crippen molar-refractivity contribution in [2.24, 2.45) is 7.05 Å². The molecule has 0 spiro atoms. The molecule has 51 heavy (non-hydrogen) atoms. The van der Waals surface area contributed by atoms with Crippen LogP contribution in [0.25, 0.3) is 17.2 Å². The third kappa shape index (κ3) is 11.1. The number of hydrogen-bond donors (Lipinski definition) is 1. The van der Waals surface area contributed by atoms with Crippen LogP contribution in [-0.4, -0.2) is 56.7 Å². The van der Waals surface area contributed by atoms with Crippen molar-refractivity contribution >= 4 is 34.5 Å². The summed E-state index contributed by atoms with van der Waals surface area (Å²) in [6.45, 7) is 7.58. The van der Waals surface area contributed by atoms with Crippen molar-refractivity contribution in [1.29, 1.82) is 0 Å². The molecule has 0 saturated heterocycles. The van der Waals surface area contributed by atoms with Crippen LogP contribution in [0.3, 0.4) is 0 Å². The van der Waals surface area contributed by atoms with Gasteiger partial charge >= 0.3 is 0 Å². The second-order valence-corrected chi connectivity index (χ2v) is 13.9. The zero-order valence-corrected chi connectivity index (χ0v) is 30.8. The lowest BCUT2D eigenvalue weighted by atomic mass is 10.0. The highest BCUT2D eigenvalue weighted by atomic mass is 32.2. The van der Waals surface area contributed by atoms with Gasteiger partial charge in [0.2, 0.25) is 5.91 Å². The number of amides is 1. The van der Waals surface area contributed by atoms with Crippen molar-refractivity contribution in [3.05, 3.63) is 115 Å². The summed E-state index contributed by atoms with van der Waals surface area (Å²) in [6.07, 6.45) is 13.9. The number of imidazole rings is 1. The minimum absolute atomic E-state index is 0.265. The molecule has 5 aromatic rings. The first-order chi connectivity index (χ1) is 24.8. The lowest BCUT2D eigenvalue weighted by Gasteiger charge is -2.22. The largest absolute Gasteiger partial charge is 0.611 e. The van der Waals surface area contributed by atoms with Gasteiger partial charge in [-0.3, -0.25) is 9.48 Å². The molecule has 0 radical (unpaired) electrons. The van der Waals surface area contributed by atoms with Crippen LogP contribution in [0, 0.1) is 0 Å². The summed E-state index contributed by atoms with van der Waals surface area (Å²) in [5.41, 5.74) is 6.57. The van der Waals surface area contributed by atoms with Crippen molar-refractivity contribution in [2.75, 3.05) is 37.1 Å². The number of nitrogens with one attached hydrogen (secondary N) is 1. The van der Waals surface area contributed by atoms with Crippen LogP contribution < -0.4 is 15.0 Å². The van der Waals surface area contributed by atoms with Crippen LogP contribution in [0.15, 0.2) is 103 Å². The van der Waals surface area contributed by atoms with Crippen molar-refractivity contribution in [3.63, 3.8) is 0 Å². The molecule has 0 saturated carbocycles. The summed E-state index contributed by atoms with van der Waals surface area (Å²) < 4.78 is 28.3. The van der Waals surface area contributed by atoms with E-state index in [1.54, 1.807) is 47.5 Å². The fraction of sp³-hybridized carbons (Fsp3) is 0.325. The molecular weight excluding hydrogens is 661 g/mol. The molecule has 0 fully saturated rings. The van der Waals surface area contributed by atoms with Crippen LogP contribution in [0.5, 0.6) is 5.75 Å². The van der Waals surface area contributed by atoms with Gasteiger partial charge in [-0.15, -0.1) is 0 Å². The van der Waals surface area contributed by atoms with Gasteiger partial charge in [0, 0.05) is 63.0 Å². The Labute approximate surface area is 304 Å². The SMILES string of the molecule is CCCCOCCOc1ccc(-c2ccc(N(C)Cc3cnn(C)c3)c(C=CC(=O)Nc3ccc([S+]([O-])Cc4cncn4CCC)cc3)c2)cc1. The minimum atomic E-state index is -1.23. The molecule has 0 bridgehead atoms. The number of benzene rings is 3. The van der Waals surface area contributed by atoms with E-state index in [9.17, 15) is 9.35 Å². The number of anilines is 2. The minimum Gasteiger partial charge on any atom is -0.611 e. The Morgan fingerprint density at radius 2 is 1.76 bits per heavy atom. The number of aromatic nitrogens is 4. The van der Waals surface area contributed by atoms with Gasteiger partial charge in [0.25, 0.3) is 0 Å². The molecule has 1 N–H and O–H groups in total. The topological polar surface area (TPSA) is 110 Å². The lowest BCUT2D eigenvalue weighted by molar-refractivity contribution is -0.111. The number of rotatable bonds is 19. The first-order valence-corrected chi connectivity index (χ1v) is 18.7. The first-order valence-electron chi connectivity index (χ1n) is 17.4. The monoisotopic (exact) mass is 708 g/mol. The van der Waals surface area contributed by atoms with E-state index in [2.05, 4.69) is 52.3 Å². The molecule has 1 unspecified atom stereocenters. The highest BCUT2D eigenvalue weighted by molar-refractivity contribution is 7.90. The Morgan fingerprint density at radius 3 is 2.49 bits per heavy atom. The molecule has 3 aromatic carbocycles. The van der Waals surface area contributed by atoms with Crippen molar-refractivity contribution in [3.8, 4) is 16.9 Å². The van der Waals surface area contributed by atoms with Gasteiger partial charge in [0.1, 0.15) is 12.4 Å². The number of ether oxygens (including phenoxy) is 2. The van der Waals surface area contributed by atoms with E-state index in [1.807, 2.05) is 61.4 Å². The second kappa shape index (κ2) is 19.0. The van der Waals surface area contributed by atoms with E-state index in [0.717, 1.165) is 71.8 Å². The number of hydrogen-bond acceptors (Lipinski definition) is 7. The standard InChI is InChI=1S/C40H48N6O4S/c1-5-7-21-49-22-23-50-37-14-8-32(9-15-37)33-10-18-39(44(3)27-31-25-42-45(4)28-31)34(24-33)11-19-40(47)43-35-12-16-38(17-13-35)51(48)29-36-26-41-30-46(36)20-6-2/h8-19,24-26,28,30H,5-7,20-23,27,29H2,1-4H3,(H,43,47). The zero-order valence-electron chi connectivity index (χ0n) is 30.0. The molecule has 2 heterocycles. The van der Waals surface area contributed by atoms with E-state index in [1.165, 1.54) is 0 Å². The maximum atomic E-state index is 13.1. The Kier molecular flexibility index (Phi) is 13.9. The van der Waals surface area contributed by atoms with Crippen molar-refractivity contribution in [1.82, 2.24) is 19.3 Å². The van der Waals surface area contributed by atoms with Crippen molar-refractivity contribution < 1.29 is 18.8 Å². The highest BCUT2D eigenvalue weighted by Gasteiger charge is 2.16. The first kappa shape index (κ1) is 37.4. The van der Waals surface area contributed by atoms with Crippen molar-refractivity contribution in [2.45, 2.75) is 56.8 Å². The smallest absolute Gasteiger partial charge is 0.248 e. The summed E-state index contributed by atoms with van der Waals surface area (Å²) in [5.74, 6) is 0.914. The van der Waals surface area contributed by atoms with Crippen LogP contribution in [0.4, 0.5) is 11.4 Å². The maximum Gasteiger partial charge on any atom is 0.248 e. The average molecular weight is 709 g/mol. The average Bonchev–Trinajstić information content (AvgIpc) is 3.76. The molecule has 0 aliphatic carbocycles. The van der Waals surface area contributed by atoms with Crippen LogP contribution in [0.1, 0.15) is 49.9 Å². The molecule has 0 aliphatic rings. The molecule has 0 aliphatic heterocycles. The van der Waals surface area contributed by atoms with Gasteiger partial charge < -0.3 is 28.8 Å². The fourth-order valence-electron chi connectivity index (χ4n) is 5.61. The number of nitrogens with zero attached hydrogens (tertiary/aromatic N) is 5. The molecule has 1 atom stereocenters. The molecule has 11 heteroatoms. The normalized spacial score (nSPS) is 11.9. The summed E-state index contributed by atoms with van der Waals surface area (Å²) in [7, 11) is 3.93. The third-order valence-electron chi connectivity index (χ3n) is 8.28. The molecule has 2 aromatic heterocycles. The summed E-state index contributed by atoms with van der Waals surface area (Å²) in [5, 5.41) is 7.25. The Balaban J connectivity index is 1.26. The Hall–Kier alpha value is -4.84. The quantitative estimate of drug-likeness (QED) is 0.0538. The molecular formula is C40H48N6O4S. The summed E-state index contributed by atoms with van der Waals surface area (Å²) in [6, 6.07) is 21.4. The number of carbonyl (C=O) groups excluding carboxylic acids is 1. The summed E-state index contributed by atoms with van der Waals surface area (Å²) in [4.78, 5) is 20.2. The third-order valence-corrected chi connectivity index (χ3v) is 9.64. The van der Waals surface area contributed by atoms with E-state index in [0.29, 0.717) is 36.1 Å². The predicted octanol–water partition coefficient (Wildman–Crippen LogP) is 7.49. The van der Waals surface area contributed by atoms with Crippen LogP contribution in [0.2, 0.25) is 0 Å². The van der Waals surface area contributed by atoms with Crippen LogP contribution in [-0.2, 0) is 46.6 Å². The molecule has 5 rings (SSSR count). The molecule has 268 valence electrons. The highest BCUT2D eigenvalue weighted by Crippen LogP contribution is 2.30. The van der Waals surface area contributed by atoms with Gasteiger partial charge in [0.05, 0.1) is 31.0 Å². The van der Waals surface area contributed by atoms with E-state index >= 15 is 0 Å². The summed E-state index contributed by atoms with van der Waals surface area (Å²) >= 11 is -1.23. The number of aryl methyl sites for hydroxylation is 2. The number of unbranched alkanes of at least 4 members (excludes halogenated alkanes) is 1. The van der Waals surface area contributed by atoms with Gasteiger partial charge in [-0.05, 0) is 95.3 Å². The Morgan fingerprint density at radius 1 is 0.980 bits per heavy atom. The van der Waals surface area contributed by atoms with Gasteiger partial charge in [-0.25, -0.2) is 4.98 Å². The van der Waals surface area contributed by atoms with Crippen LogP contribution >= 0.6 is 0 Å². The number of carbonyl (C=O) groups is 1. The Bertz CT molecular complexity index is 1850. The van der Waals surface area contributed by atoms with Gasteiger partial charge in [0.15, 0.2) is 10.6 Å². The van der Waals surface area contributed by atoms with Gasteiger partial charge in [-0.1, -0.05) is 38.5 Å².